The number of ether oxygens (including phenoxy) is 1. The monoisotopic (exact) mass is 415 g/mol. The first-order valence-corrected chi connectivity index (χ1v) is 8.51. The van der Waals surface area contributed by atoms with E-state index in [1.54, 1.807) is 6.07 Å². The number of hydrogen-bond acceptors (Lipinski definition) is 6. The summed E-state index contributed by atoms with van der Waals surface area (Å²) in [6.07, 6.45) is -4.78. The summed E-state index contributed by atoms with van der Waals surface area (Å²) in [4.78, 5) is 14.9. The molecule has 2 heterocycles. The molecule has 0 fully saturated rings. The molecular formula is C19H12F3N5O3. The molecule has 152 valence electrons. The molecule has 0 bridgehead atoms. The van der Waals surface area contributed by atoms with Crippen molar-refractivity contribution in [3.63, 3.8) is 0 Å². The molecule has 0 spiro atoms. The van der Waals surface area contributed by atoms with Crippen LogP contribution >= 0.6 is 0 Å². The zero-order chi connectivity index (χ0) is 21.5. The van der Waals surface area contributed by atoms with Crippen LogP contribution in [0.1, 0.15) is 5.82 Å². The zero-order valence-corrected chi connectivity index (χ0v) is 15.3. The Hall–Kier alpha value is -4.02. The van der Waals surface area contributed by atoms with Gasteiger partial charge in [-0.2, -0.15) is 13.2 Å². The summed E-state index contributed by atoms with van der Waals surface area (Å²) in [6.45, 7) is 0. The van der Waals surface area contributed by atoms with Crippen LogP contribution in [0, 0.1) is 10.1 Å². The standard InChI is InChI=1S/C19H12F3N5O3/c1-30-13-8-6-12(7-9-13)26-17(24-25-18(26)19(20,21)22)14-10-5-11-3-2-4-15(27(28)29)16(11)23-14/h2-10H,1H3. The van der Waals surface area contributed by atoms with Crippen molar-refractivity contribution in [2.45, 2.75) is 6.18 Å². The molecule has 2 aromatic carbocycles. The number of rotatable bonds is 4. The number of aromatic nitrogens is 4. The highest BCUT2D eigenvalue weighted by molar-refractivity contribution is 5.88. The van der Waals surface area contributed by atoms with Crippen LogP contribution in [0.5, 0.6) is 5.75 Å². The average Bonchev–Trinajstić information content (AvgIpc) is 3.18. The van der Waals surface area contributed by atoms with E-state index in [-0.39, 0.29) is 28.4 Å². The molecule has 0 N–H and O–H groups in total. The van der Waals surface area contributed by atoms with Crippen molar-refractivity contribution in [2.24, 2.45) is 0 Å². The predicted octanol–water partition coefficient (Wildman–Crippen LogP) is 4.42. The van der Waals surface area contributed by atoms with E-state index in [2.05, 4.69) is 15.2 Å². The first kappa shape index (κ1) is 19.3. The minimum absolute atomic E-state index is 0.00983. The number of hydrogen-bond donors (Lipinski definition) is 0. The molecule has 0 aliphatic carbocycles. The Balaban J connectivity index is 1.96. The molecule has 30 heavy (non-hydrogen) atoms. The van der Waals surface area contributed by atoms with E-state index < -0.39 is 16.9 Å². The third-order valence-electron chi connectivity index (χ3n) is 4.37. The second kappa shape index (κ2) is 7.10. The van der Waals surface area contributed by atoms with Gasteiger partial charge in [-0.05, 0) is 30.3 Å². The fourth-order valence-corrected chi connectivity index (χ4v) is 3.01. The molecule has 4 aromatic rings. The van der Waals surface area contributed by atoms with Gasteiger partial charge in [-0.3, -0.25) is 14.7 Å². The highest BCUT2D eigenvalue weighted by atomic mass is 19.4. The van der Waals surface area contributed by atoms with Gasteiger partial charge in [-0.1, -0.05) is 18.2 Å². The Morgan fingerprint density at radius 2 is 1.77 bits per heavy atom. The van der Waals surface area contributed by atoms with Crippen LogP contribution in [0.25, 0.3) is 28.1 Å². The Kier molecular flexibility index (Phi) is 4.57. The number of para-hydroxylation sites is 1. The van der Waals surface area contributed by atoms with E-state index in [0.29, 0.717) is 11.1 Å². The number of pyridine rings is 1. The molecule has 0 atom stereocenters. The first-order valence-electron chi connectivity index (χ1n) is 8.51. The van der Waals surface area contributed by atoms with Gasteiger partial charge in [-0.25, -0.2) is 4.98 Å². The van der Waals surface area contributed by atoms with Crippen LogP contribution in [0.3, 0.4) is 0 Å². The zero-order valence-electron chi connectivity index (χ0n) is 15.3. The fourth-order valence-electron chi connectivity index (χ4n) is 3.01. The number of methoxy groups -OCH3 is 1. The van der Waals surface area contributed by atoms with E-state index in [1.807, 2.05) is 0 Å². The Bertz CT molecular complexity index is 1250. The quantitative estimate of drug-likeness (QED) is 0.362. The molecule has 0 aliphatic rings. The van der Waals surface area contributed by atoms with Crippen molar-refractivity contribution in [2.75, 3.05) is 7.11 Å². The lowest BCUT2D eigenvalue weighted by molar-refractivity contribution is -0.383. The smallest absolute Gasteiger partial charge is 0.452 e. The maximum Gasteiger partial charge on any atom is 0.452 e. The number of nitro groups is 1. The van der Waals surface area contributed by atoms with Crippen molar-refractivity contribution < 1.29 is 22.8 Å². The summed E-state index contributed by atoms with van der Waals surface area (Å²) >= 11 is 0. The van der Waals surface area contributed by atoms with Gasteiger partial charge in [-0.15, -0.1) is 10.2 Å². The summed E-state index contributed by atoms with van der Waals surface area (Å²) in [7, 11) is 1.44. The molecule has 0 unspecified atom stereocenters. The topological polar surface area (TPSA) is 96.0 Å². The van der Waals surface area contributed by atoms with Crippen molar-refractivity contribution in [1.29, 1.82) is 0 Å². The Morgan fingerprint density at radius 1 is 1.03 bits per heavy atom. The number of nitrogens with zero attached hydrogens (tertiary/aromatic N) is 5. The molecular weight excluding hydrogens is 403 g/mol. The SMILES string of the molecule is COc1ccc(-n2c(-c3ccc4cccc([N+](=O)[O-])c4n3)nnc2C(F)(F)F)cc1. The number of nitro benzene ring substituents is 1. The van der Waals surface area contributed by atoms with Gasteiger partial charge in [0.05, 0.1) is 12.0 Å². The highest BCUT2D eigenvalue weighted by Gasteiger charge is 2.39. The number of halogens is 3. The third kappa shape index (κ3) is 3.30. The van der Waals surface area contributed by atoms with Gasteiger partial charge in [0, 0.05) is 17.1 Å². The average molecular weight is 415 g/mol. The van der Waals surface area contributed by atoms with Crippen LogP contribution in [0.4, 0.5) is 18.9 Å². The summed E-state index contributed by atoms with van der Waals surface area (Å²) in [6, 6.07) is 13.2. The molecule has 0 aliphatic heterocycles. The highest BCUT2D eigenvalue weighted by Crippen LogP contribution is 2.34. The molecule has 11 heteroatoms. The lowest BCUT2D eigenvalue weighted by atomic mass is 10.1. The van der Waals surface area contributed by atoms with Gasteiger partial charge < -0.3 is 4.74 Å². The first-order chi connectivity index (χ1) is 14.3. The Labute approximate surface area is 166 Å². The summed E-state index contributed by atoms with van der Waals surface area (Å²) in [5.41, 5.74) is -0.0815. The number of benzene rings is 2. The van der Waals surface area contributed by atoms with Crippen molar-refractivity contribution >= 4 is 16.6 Å². The maximum absolute atomic E-state index is 13.6. The number of non-ortho nitro benzene ring substituents is 1. The second-order valence-corrected chi connectivity index (χ2v) is 6.18. The van der Waals surface area contributed by atoms with Gasteiger partial charge >= 0.3 is 6.18 Å². The van der Waals surface area contributed by atoms with E-state index in [4.69, 9.17) is 4.74 Å². The fraction of sp³-hybridized carbons (Fsp3) is 0.105. The van der Waals surface area contributed by atoms with Crippen LogP contribution in [-0.4, -0.2) is 31.8 Å². The second-order valence-electron chi connectivity index (χ2n) is 6.18. The summed E-state index contributed by atoms with van der Waals surface area (Å²) in [5.74, 6) is -0.985. The molecule has 2 aromatic heterocycles. The van der Waals surface area contributed by atoms with Gasteiger partial charge in [0.2, 0.25) is 5.82 Å². The van der Waals surface area contributed by atoms with E-state index in [0.717, 1.165) is 4.57 Å². The summed E-state index contributed by atoms with van der Waals surface area (Å²) in [5, 5.41) is 18.8. The van der Waals surface area contributed by atoms with Crippen molar-refractivity contribution in [1.82, 2.24) is 19.7 Å². The van der Waals surface area contributed by atoms with Crippen LogP contribution < -0.4 is 4.74 Å². The Morgan fingerprint density at radius 3 is 2.40 bits per heavy atom. The van der Waals surface area contributed by atoms with Gasteiger partial charge in [0.15, 0.2) is 5.82 Å². The molecule has 4 rings (SSSR count). The number of fused-ring (bicyclic) bond motifs is 1. The molecule has 0 saturated heterocycles. The van der Waals surface area contributed by atoms with E-state index in [1.165, 1.54) is 55.6 Å². The van der Waals surface area contributed by atoms with Gasteiger partial charge in [0.25, 0.3) is 5.69 Å². The maximum atomic E-state index is 13.6. The lowest BCUT2D eigenvalue weighted by Gasteiger charge is -2.12. The normalized spacial score (nSPS) is 11.6. The van der Waals surface area contributed by atoms with E-state index >= 15 is 0 Å². The van der Waals surface area contributed by atoms with Crippen LogP contribution in [-0.2, 0) is 6.18 Å². The van der Waals surface area contributed by atoms with Crippen LogP contribution in [0.2, 0.25) is 0 Å². The molecule has 0 amide bonds. The lowest BCUT2D eigenvalue weighted by Crippen LogP contribution is -2.14. The van der Waals surface area contributed by atoms with Crippen molar-refractivity contribution in [3.05, 3.63) is 70.5 Å². The largest absolute Gasteiger partial charge is 0.497 e. The van der Waals surface area contributed by atoms with E-state index in [9.17, 15) is 23.3 Å². The molecule has 0 radical (unpaired) electrons. The summed E-state index contributed by atoms with van der Waals surface area (Å²) < 4.78 is 46.6. The van der Waals surface area contributed by atoms with Gasteiger partial charge in [0.1, 0.15) is 17.0 Å². The van der Waals surface area contributed by atoms with Crippen LogP contribution in [0.15, 0.2) is 54.6 Å². The molecule has 8 nitrogen and oxygen atoms in total. The van der Waals surface area contributed by atoms with Crippen molar-refractivity contribution in [3.8, 4) is 23.0 Å². The minimum atomic E-state index is -4.78. The predicted molar refractivity (Wildman–Crippen MR) is 100 cm³/mol. The minimum Gasteiger partial charge on any atom is -0.497 e. The number of alkyl halides is 3. The molecule has 0 saturated carbocycles. The third-order valence-corrected chi connectivity index (χ3v) is 4.37.